The molecular formula is C22H26N2O7. The van der Waals surface area contributed by atoms with E-state index in [-0.39, 0.29) is 13.2 Å². The molecule has 2 aromatic rings. The SMILES string of the molecule is O=C(O)O.O=C=Nc1ccc(Cc2ccc(N=C=O)cc2)cc1.OCCCCCCO. The first kappa shape index (κ1) is 27.4. The zero-order valence-corrected chi connectivity index (χ0v) is 17.0. The molecule has 4 N–H and O–H groups in total. The van der Waals surface area contributed by atoms with E-state index in [4.69, 9.17) is 25.2 Å². The molecule has 0 fully saturated rings. The summed E-state index contributed by atoms with van der Waals surface area (Å²) in [6, 6.07) is 14.7. The van der Waals surface area contributed by atoms with Crippen LogP contribution in [-0.2, 0) is 16.0 Å². The van der Waals surface area contributed by atoms with Crippen LogP contribution in [0.15, 0.2) is 58.5 Å². The number of aliphatic imine (C=N–C) groups is 2. The number of isocyanates is 2. The summed E-state index contributed by atoms with van der Waals surface area (Å²) in [4.78, 5) is 35.8. The third-order valence-corrected chi connectivity index (χ3v) is 3.70. The molecule has 0 radical (unpaired) electrons. The van der Waals surface area contributed by atoms with E-state index in [0.29, 0.717) is 11.4 Å². The summed E-state index contributed by atoms with van der Waals surface area (Å²) < 4.78 is 0. The van der Waals surface area contributed by atoms with Crippen molar-refractivity contribution < 1.29 is 34.8 Å². The van der Waals surface area contributed by atoms with Crippen molar-refractivity contribution in [2.45, 2.75) is 32.1 Å². The quantitative estimate of drug-likeness (QED) is 0.266. The zero-order chi connectivity index (χ0) is 23.3. The Hall–Kier alpha value is -3.61. The van der Waals surface area contributed by atoms with Gasteiger partial charge >= 0.3 is 6.16 Å². The normalized spacial score (nSPS) is 8.97. The maximum absolute atomic E-state index is 10.1. The van der Waals surface area contributed by atoms with Crippen LogP contribution in [0.5, 0.6) is 0 Å². The number of carbonyl (C=O) groups is 1. The Balaban J connectivity index is 0.000000625. The second-order valence-corrected chi connectivity index (χ2v) is 6.06. The van der Waals surface area contributed by atoms with E-state index in [1.54, 1.807) is 24.3 Å². The molecule has 0 heterocycles. The highest BCUT2D eigenvalue weighted by atomic mass is 16.6. The van der Waals surface area contributed by atoms with Crippen molar-refractivity contribution in [1.29, 1.82) is 0 Å². The van der Waals surface area contributed by atoms with Crippen molar-refractivity contribution in [3.05, 3.63) is 59.7 Å². The van der Waals surface area contributed by atoms with Gasteiger partial charge in [0.1, 0.15) is 0 Å². The molecule has 0 saturated heterocycles. The lowest BCUT2D eigenvalue weighted by atomic mass is 10.0. The summed E-state index contributed by atoms with van der Waals surface area (Å²) in [5, 5.41) is 30.6. The maximum Gasteiger partial charge on any atom is 0.503 e. The van der Waals surface area contributed by atoms with Crippen molar-refractivity contribution in [1.82, 2.24) is 0 Å². The molecule has 0 unspecified atom stereocenters. The van der Waals surface area contributed by atoms with Crippen LogP contribution >= 0.6 is 0 Å². The van der Waals surface area contributed by atoms with Gasteiger partial charge in [0, 0.05) is 13.2 Å². The zero-order valence-electron chi connectivity index (χ0n) is 17.0. The first-order valence-corrected chi connectivity index (χ1v) is 9.44. The third kappa shape index (κ3) is 15.9. The molecule has 0 bridgehead atoms. The van der Waals surface area contributed by atoms with Crippen LogP contribution in [0.4, 0.5) is 16.2 Å². The fraction of sp³-hybridized carbons (Fsp3) is 0.318. The van der Waals surface area contributed by atoms with Gasteiger partial charge in [-0.05, 0) is 54.7 Å². The highest BCUT2D eigenvalue weighted by Gasteiger charge is 1.98. The summed E-state index contributed by atoms with van der Waals surface area (Å²) >= 11 is 0. The topological polar surface area (TPSA) is 157 Å². The van der Waals surface area contributed by atoms with Crippen LogP contribution in [0, 0.1) is 0 Å². The number of hydrogen-bond donors (Lipinski definition) is 4. The van der Waals surface area contributed by atoms with Crippen molar-refractivity contribution in [3.63, 3.8) is 0 Å². The number of nitrogens with zero attached hydrogens (tertiary/aromatic N) is 2. The van der Waals surface area contributed by atoms with E-state index < -0.39 is 6.16 Å². The highest BCUT2D eigenvalue weighted by Crippen LogP contribution is 2.17. The van der Waals surface area contributed by atoms with Crippen LogP contribution in [-0.4, -0.2) is 52.0 Å². The lowest BCUT2D eigenvalue weighted by Gasteiger charge is -2.02. The molecule has 0 saturated carbocycles. The molecule has 31 heavy (non-hydrogen) atoms. The molecule has 9 nitrogen and oxygen atoms in total. The number of hydrogen-bond acceptors (Lipinski definition) is 7. The standard InChI is InChI=1S/C15H10N2O2.C6H14O2.CH2O3/c18-10-16-14-5-1-12(2-6-14)9-13-3-7-15(8-4-13)17-11-19;7-5-3-1-2-4-6-8;2-1(3)4/h1-8H,9H2;7-8H,1-6H2;(H2,2,3,4). The van der Waals surface area contributed by atoms with Gasteiger partial charge in [0.2, 0.25) is 12.2 Å². The molecule has 0 spiro atoms. The minimum atomic E-state index is -1.83. The van der Waals surface area contributed by atoms with Gasteiger partial charge in [-0.3, -0.25) is 0 Å². The first-order valence-electron chi connectivity index (χ1n) is 9.44. The van der Waals surface area contributed by atoms with Gasteiger partial charge in [-0.2, -0.15) is 9.98 Å². The van der Waals surface area contributed by atoms with E-state index in [2.05, 4.69) is 9.98 Å². The van der Waals surface area contributed by atoms with Gasteiger partial charge < -0.3 is 20.4 Å². The fourth-order valence-electron chi connectivity index (χ4n) is 2.29. The van der Waals surface area contributed by atoms with Gasteiger partial charge in [0.05, 0.1) is 11.4 Å². The number of carbonyl (C=O) groups excluding carboxylic acids is 2. The Morgan fingerprint density at radius 3 is 1.26 bits per heavy atom. The number of aliphatic hydroxyl groups excluding tert-OH is 2. The lowest BCUT2D eigenvalue weighted by Crippen LogP contribution is -1.86. The fourth-order valence-corrected chi connectivity index (χ4v) is 2.29. The van der Waals surface area contributed by atoms with Gasteiger partial charge in [0.25, 0.3) is 0 Å². The molecule has 2 aromatic carbocycles. The van der Waals surface area contributed by atoms with Crippen LogP contribution in [0.2, 0.25) is 0 Å². The molecule has 2 rings (SSSR count). The predicted molar refractivity (Wildman–Crippen MR) is 115 cm³/mol. The van der Waals surface area contributed by atoms with E-state index in [9.17, 15) is 9.59 Å². The molecule has 0 atom stereocenters. The van der Waals surface area contributed by atoms with Gasteiger partial charge in [0.15, 0.2) is 0 Å². The molecule has 0 aliphatic rings. The monoisotopic (exact) mass is 430 g/mol. The number of aliphatic hydroxyl groups is 2. The largest absolute Gasteiger partial charge is 0.503 e. The highest BCUT2D eigenvalue weighted by molar-refractivity contribution is 5.53. The van der Waals surface area contributed by atoms with Crippen LogP contribution in [0.3, 0.4) is 0 Å². The molecule has 9 heteroatoms. The van der Waals surface area contributed by atoms with Crippen molar-refractivity contribution in [2.24, 2.45) is 9.98 Å². The van der Waals surface area contributed by atoms with Crippen molar-refractivity contribution in [2.75, 3.05) is 13.2 Å². The Kier molecular flexibility index (Phi) is 16.3. The Morgan fingerprint density at radius 2 is 1.00 bits per heavy atom. The molecule has 0 aliphatic carbocycles. The molecule has 0 aliphatic heterocycles. The van der Waals surface area contributed by atoms with Gasteiger partial charge in [-0.15, -0.1) is 0 Å². The van der Waals surface area contributed by atoms with Crippen LogP contribution in [0.1, 0.15) is 36.8 Å². The third-order valence-electron chi connectivity index (χ3n) is 3.70. The van der Waals surface area contributed by atoms with E-state index in [0.717, 1.165) is 43.2 Å². The minimum Gasteiger partial charge on any atom is -0.450 e. The molecule has 0 amide bonds. The van der Waals surface area contributed by atoms with Gasteiger partial charge in [-0.1, -0.05) is 37.1 Å². The summed E-state index contributed by atoms with van der Waals surface area (Å²) in [5.41, 5.74) is 3.40. The second kappa shape index (κ2) is 18.4. The van der Waals surface area contributed by atoms with Gasteiger partial charge in [-0.25, -0.2) is 14.4 Å². The Bertz CT molecular complexity index is 770. The second-order valence-electron chi connectivity index (χ2n) is 6.06. The summed E-state index contributed by atoms with van der Waals surface area (Å²) in [6.07, 6.45) is 5.76. The molecule has 166 valence electrons. The first-order chi connectivity index (χ1) is 15.0. The number of carboxylic acid groups (broad SMARTS) is 2. The Labute approximate surface area is 180 Å². The van der Waals surface area contributed by atoms with Crippen LogP contribution in [0.25, 0.3) is 0 Å². The van der Waals surface area contributed by atoms with E-state index in [1.807, 2.05) is 24.3 Å². The number of unbranched alkanes of at least 4 members (excludes halogenated alkanes) is 3. The average Bonchev–Trinajstić information content (AvgIpc) is 2.75. The summed E-state index contributed by atoms with van der Waals surface area (Å²) in [6.45, 7) is 0.566. The smallest absolute Gasteiger partial charge is 0.450 e. The number of benzene rings is 2. The van der Waals surface area contributed by atoms with Crippen molar-refractivity contribution in [3.8, 4) is 0 Å². The average molecular weight is 430 g/mol. The molecule has 0 aromatic heterocycles. The summed E-state index contributed by atoms with van der Waals surface area (Å²) in [5.74, 6) is 0. The Morgan fingerprint density at radius 1 is 0.677 bits per heavy atom. The van der Waals surface area contributed by atoms with E-state index in [1.165, 1.54) is 12.2 Å². The lowest BCUT2D eigenvalue weighted by molar-refractivity contribution is 0.137. The number of rotatable bonds is 9. The minimum absolute atomic E-state index is 0.283. The van der Waals surface area contributed by atoms with E-state index >= 15 is 0 Å². The summed E-state index contributed by atoms with van der Waals surface area (Å²) in [7, 11) is 0. The predicted octanol–water partition coefficient (Wildman–Crippen LogP) is 3.97. The van der Waals surface area contributed by atoms with Crippen LogP contribution < -0.4 is 0 Å². The maximum atomic E-state index is 10.1. The van der Waals surface area contributed by atoms with Crippen molar-refractivity contribution >= 4 is 29.7 Å². The molecular weight excluding hydrogens is 404 g/mol.